The standard InChI is InChI=1S/C23H26FN7O2.C3H8O/c1-23(2,33)19(24)13-28-22(32)17-12-26-20(8-18(17)30-16-5-3-4-6-16)31-21-15(11-29-31)7-14(9-25)10-27-21;1-3(2)4/h7-8,10-12,16,19,33H,3-6,13H2,1-2H3,(H,26,30)(H,28,32);3-4H,1-2H3. The molecular weight excluding hydrogens is 477 g/mol. The van der Waals surface area contributed by atoms with Crippen LogP contribution in [0.2, 0.25) is 0 Å². The number of hydrogen-bond acceptors (Lipinski definition) is 8. The molecule has 3 aromatic heterocycles. The van der Waals surface area contributed by atoms with Gasteiger partial charge in [0, 0.05) is 36.0 Å². The number of anilines is 1. The van der Waals surface area contributed by atoms with E-state index in [0.29, 0.717) is 28.1 Å². The van der Waals surface area contributed by atoms with E-state index in [1.807, 2.05) is 0 Å². The summed E-state index contributed by atoms with van der Waals surface area (Å²) in [7, 11) is 0. The van der Waals surface area contributed by atoms with Gasteiger partial charge in [0.1, 0.15) is 12.2 Å². The molecular formula is C26H34FN7O3. The van der Waals surface area contributed by atoms with E-state index in [1.165, 1.54) is 26.2 Å². The first-order valence-corrected chi connectivity index (χ1v) is 12.3. The highest BCUT2D eigenvalue weighted by Gasteiger charge is 2.27. The molecule has 10 nitrogen and oxygen atoms in total. The monoisotopic (exact) mass is 511 g/mol. The van der Waals surface area contributed by atoms with Gasteiger partial charge in [0.2, 0.25) is 0 Å². The highest BCUT2D eigenvalue weighted by Crippen LogP contribution is 2.26. The van der Waals surface area contributed by atoms with Crippen LogP contribution in [-0.2, 0) is 0 Å². The van der Waals surface area contributed by atoms with Gasteiger partial charge in [-0.2, -0.15) is 15.0 Å². The number of nitriles is 1. The van der Waals surface area contributed by atoms with Crippen LogP contribution in [0.3, 0.4) is 0 Å². The number of amides is 1. The SMILES string of the molecule is CC(C)(O)C(F)CNC(=O)c1cnc(-n2ncc3cc(C#N)cnc32)cc1NC1CCCC1.CC(C)O. The molecule has 0 aromatic carbocycles. The van der Waals surface area contributed by atoms with E-state index in [0.717, 1.165) is 25.7 Å². The Bertz CT molecular complexity index is 1250. The van der Waals surface area contributed by atoms with Gasteiger partial charge >= 0.3 is 0 Å². The quantitative estimate of drug-likeness (QED) is 0.378. The Hall–Kier alpha value is -3.62. The molecule has 3 heterocycles. The Morgan fingerprint density at radius 2 is 1.92 bits per heavy atom. The second kappa shape index (κ2) is 12.1. The first kappa shape index (κ1) is 28.0. The van der Waals surface area contributed by atoms with Crippen molar-refractivity contribution in [3.63, 3.8) is 0 Å². The molecule has 1 unspecified atom stereocenters. The van der Waals surface area contributed by atoms with Crippen molar-refractivity contribution >= 4 is 22.6 Å². The summed E-state index contributed by atoms with van der Waals surface area (Å²) in [6.07, 6.45) is 6.93. The summed E-state index contributed by atoms with van der Waals surface area (Å²) in [5, 5.41) is 38.0. The van der Waals surface area contributed by atoms with Gasteiger partial charge in [0.15, 0.2) is 11.5 Å². The minimum atomic E-state index is -1.61. The number of fused-ring (bicyclic) bond motifs is 1. The summed E-state index contributed by atoms with van der Waals surface area (Å²) >= 11 is 0. The van der Waals surface area contributed by atoms with Crippen LogP contribution in [0, 0.1) is 11.3 Å². The summed E-state index contributed by atoms with van der Waals surface area (Å²) in [5.41, 5.74) is 0.267. The maximum absolute atomic E-state index is 14.1. The number of aliphatic hydroxyl groups excluding tert-OH is 1. The molecule has 0 aliphatic heterocycles. The Balaban J connectivity index is 0.000000886. The molecule has 4 N–H and O–H groups in total. The molecule has 1 saturated carbocycles. The van der Waals surface area contributed by atoms with Crippen LogP contribution in [0.25, 0.3) is 16.9 Å². The smallest absolute Gasteiger partial charge is 0.255 e. The van der Waals surface area contributed by atoms with Gasteiger partial charge in [0.05, 0.1) is 35.2 Å². The third kappa shape index (κ3) is 7.44. The van der Waals surface area contributed by atoms with Gasteiger partial charge < -0.3 is 20.8 Å². The highest BCUT2D eigenvalue weighted by atomic mass is 19.1. The number of halogens is 1. The highest BCUT2D eigenvalue weighted by molar-refractivity contribution is 5.99. The zero-order valence-electron chi connectivity index (χ0n) is 21.6. The largest absolute Gasteiger partial charge is 0.394 e. The molecule has 1 aliphatic rings. The minimum Gasteiger partial charge on any atom is -0.394 e. The van der Waals surface area contributed by atoms with E-state index in [-0.39, 0.29) is 24.3 Å². The minimum absolute atomic E-state index is 0.167. The number of aliphatic hydroxyl groups is 2. The average molecular weight is 512 g/mol. The molecule has 198 valence electrons. The van der Waals surface area contributed by atoms with Crippen molar-refractivity contribution in [1.82, 2.24) is 25.1 Å². The van der Waals surface area contributed by atoms with E-state index < -0.39 is 17.7 Å². The van der Waals surface area contributed by atoms with E-state index in [2.05, 4.69) is 31.8 Å². The maximum atomic E-state index is 14.1. The summed E-state index contributed by atoms with van der Waals surface area (Å²) < 4.78 is 15.7. The number of alkyl halides is 1. The van der Waals surface area contributed by atoms with Crippen molar-refractivity contribution in [1.29, 1.82) is 5.26 Å². The fourth-order valence-corrected chi connectivity index (χ4v) is 3.83. The molecule has 1 aliphatic carbocycles. The predicted octanol–water partition coefficient (Wildman–Crippen LogP) is 3.27. The zero-order valence-corrected chi connectivity index (χ0v) is 21.6. The van der Waals surface area contributed by atoms with Crippen LogP contribution in [0.4, 0.5) is 10.1 Å². The van der Waals surface area contributed by atoms with Gasteiger partial charge in [-0.25, -0.2) is 14.4 Å². The first-order valence-electron chi connectivity index (χ1n) is 12.3. The molecule has 1 atom stereocenters. The second-order valence-corrected chi connectivity index (χ2v) is 9.94. The summed E-state index contributed by atoms with van der Waals surface area (Å²) in [6, 6.07) is 5.70. The lowest BCUT2D eigenvalue weighted by molar-refractivity contribution is -0.00177. The van der Waals surface area contributed by atoms with E-state index in [9.17, 15) is 14.3 Å². The van der Waals surface area contributed by atoms with E-state index >= 15 is 0 Å². The van der Waals surface area contributed by atoms with Gasteiger partial charge in [-0.1, -0.05) is 12.8 Å². The van der Waals surface area contributed by atoms with Gasteiger partial charge in [-0.05, 0) is 46.6 Å². The molecule has 3 aromatic rings. The fraction of sp³-hybridized carbons (Fsp3) is 0.500. The zero-order chi connectivity index (χ0) is 27.2. The van der Waals surface area contributed by atoms with Crippen LogP contribution < -0.4 is 10.6 Å². The van der Waals surface area contributed by atoms with Crippen LogP contribution in [0.5, 0.6) is 0 Å². The normalized spacial score (nSPS) is 14.7. The second-order valence-electron chi connectivity index (χ2n) is 9.94. The first-order chi connectivity index (χ1) is 17.5. The average Bonchev–Trinajstić information content (AvgIpc) is 3.50. The van der Waals surface area contributed by atoms with Crippen LogP contribution in [0.1, 0.15) is 69.3 Å². The summed E-state index contributed by atoms with van der Waals surface area (Å²) in [4.78, 5) is 21.6. The van der Waals surface area contributed by atoms with E-state index in [4.69, 9.17) is 10.4 Å². The molecule has 4 rings (SSSR count). The van der Waals surface area contributed by atoms with Crippen molar-refractivity contribution < 1.29 is 19.4 Å². The fourth-order valence-electron chi connectivity index (χ4n) is 3.83. The van der Waals surface area contributed by atoms with Crippen molar-refractivity contribution in [2.75, 3.05) is 11.9 Å². The Kier molecular flexibility index (Phi) is 9.13. The number of rotatable bonds is 7. The summed E-state index contributed by atoms with van der Waals surface area (Å²) in [5.74, 6) is -0.0253. The maximum Gasteiger partial charge on any atom is 0.255 e. The van der Waals surface area contributed by atoms with Crippen LogP contribution in [0.15, 0.2) is 30.7 Å². The van der Waals surface area contributed by atoms with E-state index in [1.54, 1.807) is 36.9 Å². The third-order valence-electron chi connectivity index (χ3n) is 5.81. The lowest BCUT2D eigenvalue weighted by Gasteiger charge is -2.23. The van der Waals surface area contributed by atoms with Crippen molar-refractivity contribution in [3.05, 3.63) is 41.9 Å². The summed E-state index contributed by atoms with van der Waals surface area (Å²) in [6.45, 7) is 5.84. The van der Waals surface area contributed by atoms with Gasteiger partial charge in [-0.15, -0.1) is 0 Å². The Morgan fingerprint density at radius 3 is 2.54 bits per heavy atom. The van der Waals surface area contributed by atoms with Crippen LogP contribution >= 0.6 is 0 Å². The Labute approximate surface area is 215 Å². The lowest BCUT2D eigenvalue weighted by Crippen LogP contribution is -2.42. The number of carbonyl (C=O) groups is 1. The molecule has 0 spiro atoms. The number of aromatic nitrogens is 4. The third-order valence-corrected chi connectivity index (χ3v) is 5.81. The molecule has 37 heavy (non-hydrogen) atoms. The van der Waals surface area contributed by atoms with Gasteiger partial charge in [-0.3, -0.25) is 4.79 Å². The number of nitrogens with one attached hydrogen (secondary N) is 2. The topological polar surface area (TPSA) is 149 Å². The van der Waals surface area contributed by atoms with Crippen molar-refractivity contribution in [2.45, 2.75) is 77.3 Å². The van der Waals surface area contributed by atoms with Crippen molar-refractivity contribution in [3.8, 4) is 11.9 Å². The molecule has 0 saturated heterocycles. The number of nitrogens with zero attached hydrogens (tertiary/aromatic N) is 5. The number of hydrogen-bond donors (Lipinski definition) is 4. The van der Waals surface area contributed by atoms with Crippen LogP contribution in [-0.4, -0.2) is 66.3 Å². The molecule has 11 heteroatoms. The number of carbonyl (C=O) groups excluding carboxylic acids is 1. The molecule has 0 bridgehead atoms. The van der Waals surface area contributed by atoms with Gasteiger partial charge in [0.25, 0.3) is 5.91 Å². The Morgan fingerprint density at radius 1 is 1.24 bits per heavy atom. The molecule has 0 radical (unpaired) electrons. The molecule has 1 amide bonds. The van der Waals surface area contributed by atoms with Crippen molar-refractivity contribution in [2.24, 2.45) is 0 Å². The molecule has 1 fully saturated rings. The predicted molar refractivity (Wildman–Crippen MR) is 138 cm³/mol. The lowest BCUT2D eigenvalue weighted by atomic mass is 10.0. The number of pyridine rings is 2.